The highest BCUT2D eigenvalue weighted by atomic mass is 16.5. The van der Waals surface area contributed by atoms with Crippen LogP contribution in [0.5, 0.6) is 0 Å². The first kappa shape index (κ1) is 16.1. The van der Waals surface area contributed by atoms with Gasteiger partial charge in [-0.2, -0.15) is 0 Å². The van der Waals surface area contributed by atoms with Crippen molar-refractivity contribution < 1.29 is 14.3 Å². The Bertz CT molecular complexity index is 392. The molecule has 0 aromatic heterocycles. The van der Waals surface area contributed by atoms with Crippen molar-refractivity contribution in [3.63, 3.8) is 0 Å². The second-order valence-corrected chi connectivity index (χ2v) is 6.37. The summed E-state index contributed by atoms with van der Waals surface area (Å²) in [6.07, 6.45) is 2.63. The van der Waals surface area contributed by atoms with Crippen LogP contribution in [0.25, 0.3) is 0 Å². The summed E-state index contributed by atoms with van der Waals surface area (Å²) in [5, 5.41) is 2.92. The Morgan fingerprint density at radius 2 is 2.00 bits per heavy atom. The van der Waals surface area contributed by atoms with Crippen molar-refractivity contribution in [2.24, 2.45) is 11.3 Å². The lowest BCUT2D eigenvalue weighted by Crippen LogP contribution is -2.44. The number of urea groups is 1. The molecule has 6 nitrogen and oxygen atoms in total. The summed E-state index contributed by atoms with van der Waals surface area (Å²) in [6.45, 7) is 5.26. The van der Waals surface area contributed by atoms with E-state index in [4.69, 9.17) is 4.74 Å². The fraction of sp³-hybridized carbons (Fsp3) is 0.867. The molecule has 0 bridgehead atoms. The van der Waals surface area contributed by atoms with Gasteiger partial charge < -0.3 is 19.9 Å². The summed E-state index contributed by atoms with van der Waals surface area (Å²) in [5.41, 5.74) is -0.108. The van der Waals surface area contributed by atoms with Crippen molar-refractivity contribution in [1.82, 2.24) is 15.1 Å². The molecule has 2 saturated heterocycles. The first-order valence-corrected chi connectivity index (χ1v) is 7.82. The van der Waals surface area contributed by atoms with Crippen LogP contribution in [0, 0.1) is 11.3 Å². The Balaban J connectivity index is 2.13. The molecule has 0 saturated carbocycles. The zero-order valence-electron chi connectivity index (χ0n) is 13.4. The molecule has 0 aromatic carbocycles. The van der Waals surface area contributed by atoms with Crippen LogP contribution in [0.2, 0.25) is 0 Å². The van der Waals surface area contributed by atoms with Crippen molar-refractivity contribution in [2.45, 2.75) is 26.2 Å². The molecule has 2 heterocycles. The number of carbonyl (C=O) groups excluding carboxylic acids is 2. The van der Waals surface area contributed by atoms with E-state index in [1.54, 1.807) is 19.0 Å². The average Bonchev–Trinajstić information content (AvgIpc) is 2.83. The molecule has 2 aliphatic rings. The van der Waals surface area contributed by atoms with Crippen LogP contribution in [0.1, 0.15) is 26.2 Å². The van der Waals surface area contributed by atoms with Crippen LogP contribution in [0.15, 0.2) is 0 Å². The van der Waals surface area contributed by atoms with Gasteiger partial charge >= 0.3 is 6.03 Å². The summed E-state index contributed by atoms with van der Waals surface area (Å²) in [7, 11) is 3.57. The molecule has 1 atom stereocenters. The first-order chi connectivity index (χ1) is 10.00. The number of carbonyl (C=O) groups is 2. The average molecular weight is 297 g/mol. The summed E-state index contributed by atoms with van der Waals surface area (Å²) in [5.74, 6) is 0.0199. The van der Waals surface area contributed by atoms with Crippen molar-refractivity contribution in [2.75, 3.05) is 46.9 Å². The van der Waals surface area contributed by atoms with Crippen molar-refractivity contribution in [3.05, 3.63) is 0 Å². The maximum Gasteiger partial charge on any atom is 0.317 e. The van der Waals surface area contributed by atoms with Crippen LogP contribution < -0.4 is 5.32 Å². The number of hydrogen-bond donors (Lipinski definition) is 1. The smallest absolute Gasteiger partial charge is 0.317 e. The van der Waals surface area contributed by atoms with E-state index in [2.05, 4.69) is 5.32 Å². The van der Waals surface area contributed by atoms with Crippen molar-refractivity contribution in [3.8, 4) is 0 Å². The molecular formula is C15H27N3O3. The highest BCUT2D eigenvalue weighted by Gasteiger charge is 2.52. The van der Waals surface area contributed by atoms with Crippen LogP contribution >= 0.6 is 0 Å². The summed E-state index contributed by atoms with van der Waals surface area (Å²) in [4.78, 5) is 28.2. The Kier molecular flexibility index (Phi) is 5.08. The molecule has 0 aromatic rings. The molecule has 3 amide bonds. The summed E-state index contributed by atoms with van der Waals surface area (Å²) in [6, 6.07) is -0.0447. The number of nitrogens with one attached hydrogen (secondary N) is 1. The molecule has 21 heavy (non-hydrogen) atoms. The normalized spacial score (nSPS) is 24.1. The van der Waals surface area contributed by atoms with E-state index >= 15 is 0 Å². The van der Waals surface area contributed by atoms with E-state index < -0.39 is 0 Å². The minimum absolute atomic E-state index is 0.0447. The molecule has 1 N–H and O–H groups in total. The zero-order chi connectivity index (χ0) is 15.5. The molecule has 2 rings (SSSR count). The van der Waals surface area contributed by atoms with Gasteiger partial charge in [-0.25, -0.2) is 4.79 Å². The first-order valence-electron chi connectivity index (χ1n) is 7.82. The molecular weight excluding hydrogens is 270 g/mol. The standard InChI is InChI=1S/C15H27N3O3/c1-4-7-16-14(20)18-10-12(13(19)17(2)3)15(11-18)5-8-21-9-6-15/h12H,4-11H2,1-3H3,(H,16,20). The van der Waals surface area contributed by atoms with E-state index in [1.807, 2.05) is 11.8 Å². The van der Waals surface area contributed by atoms with Gasteiger partial charge in [0, 0.05) is 52.4 Å². The Morgan fingerprint density at radius 1 is 1.33 bits per heavy atom. The molecule has 2 fully saturated rings. The molecule has 120 valence electrons. The summed E-state index contributed by atoms with van der Waals surface area (Å²) < 4.78 is 5.46. The molecule has 6 heteroatoms. The highest BCUT2D eigenvalue weighted by Crippen LogP contribution is 2.44. The van der Waals surface area contributed by atoms with E-state index in [9.17, 15) is 9.59 Å². The van der Waals surface area contributed by atoms with Gasteiger partial charge in [0.25, 0.3) is 0 Å². The van der Waals surface area contributed by atoms with Crippen molar-refractivity contribution >= 4 is 11.9 Å². The van der Waals surface area contributed by atoms with Gasteiger partial charge in [0.1, 0.15) is 0 Å². The minimum atomic E-state index is -0.108. The van der Waals surface area contributed by atoms with Crippen LogP contribution in [-0.2, 0) is 9.53 Å². The number of hydrogen-bond acceptors (Lipinski definition) is 3. The third-order valence-electron chi connectivity index (χ3n) is 4.69. The number of ether oxygens (including phenoxy) is 1. The van der Waals surface area contributed by atoms with Gasteiger partial charge in [0.05, 0.1) is 5.92 Å². The highest BCUT2D eigenvalue weighted by molar-refractivity contribution is 5.82. The van der Waals surface area contributed by atoms with Gasteiger partial charge in [-0.05, 0) is 19.3 Å². The molecule has 0 radical (unpaired) electrons. The second-order valence-electron chi connectivity index (χ2n) is 6.37. The molecule has 2 aliphatic heterocycles. The topological polar surface area (TPSA) is 61.9 Å². The fourth-order valence-electron chi connectivity index (χ4n) is 3.40. The number of likely N-dealkylation sites (tertiary alicyclic amines) is 1. The lowest BCUT2D eigenvalue weighted by Gasteiger charge is -2.37. The van der Waals surface area contributed by atoms with Gasteiger partial charge in [0.15, 0.2) is 0 Å². The Hall–Kier alpha value is -1.30. The molecule has 1 spiro atoms. The van der Waals surface area contributed by atoms with Crippen LogP contribution in [0.4, 0.5) is 4.79 Å². The molecule has 0 aliphatic carbocycles. The lowest BCUT2D eigenvalue weighted by molar-refractivity contribution is -0.138. The quantitative estimate of drug-likeness (QED) is 0.843. The third-order valence-corrected chi connectivity index (χ3v) is 4.69. The Morgan fingerprint density at radius 3 is 2.57 bits per heavy atom. The van der Waals surface area contributed by atoms with Crippen molar-refractivity contribution in [1.29, 1.82) is 0 Å². The number of amides is 3. The minimum Gasteiger partial charge on any atom is -0.381 e. The fourth-order valence-corrected chi connectivity index (χ4v) is 3.40. The van der Waals surface area contributed by atoms with E-state index in [-0.39, 0.29) is 23.3 Å². The van der Waals surface area contributed by atoms with E-state index in [0.29, 0.717) is 32.8 Å². The van der Waals surface area contributed by atoms with Crippen LogP contribution in [0.3, 0.4) is 0 Å². The lowest BCUT2D eigenvalue weighted by atomic mass is 9.71. The van der Waals surface area contributed by atoms with E-state index in [1.165, 1.54) is 0 Å². The largest absolute Gasteiger partial charge is 0.381 e. The third kappa shape index (κ3) is 3.31. The van der Waals surface area contributed by atoms with Gasteiger partial charge in [-0.15, -0.1) is 0 Å². The monoisotopic (exact) mass is 297 g/mol. The number of rotatable bonds is 3. The Labute approximate surface area is 126 Å². The van der Waals surface area contributed by atoms with E-state index in [0.717, 1.165) is 19.3 Å². The van der Waals surface area contributed by atoms with Gasteiger partial charge in [0.2, 0.25) is 5.91 Å². The maximum atomic E-state index is 12.5. The second kappa shape index (κ2) is 6.64. The van der Waals surface area contributed by atoms with Gasteiger partial charge in [-0.3, -0.25) is 4.79 Å². The SMILES string of the molecule is CCCNC(=O)N1CC(C(=O)N(C)C)C2(CCOCC2)C1. The molecule has 1 unspecified atom stereocenters. The maximum absolute atomic E-state index is 12.5. The van der Waals surface area contributed by atoms with Crippen LogP contribution in [-0.4, -0.2) is 68.7 Å². The van der Waals surface area contributed by atoms with Gasteiger partial charge in [-0.1, -0.05) is 6.92 Å². The number of nitrogens with zero attached hydrogens (tertiary/aromatic N) is 2. The predicted octanol–water partition coefficient (Wildman–Crippen LogP) is 0.923. The summed E-state index contributed by atoms with van der Waals surface area (Å²) >= 11 is 0. The predicted molar refractivity (Wildman–Crippen MR) is 79.9 cm³/mol. The zero-order valence-corrected chi connectivity index (χ0v) is 13.4.